The van der Waals surface area contributed by atoms with Crippen LogP contribution in [-0.2, 0) is 5.54 Å². The molecule has 4 aromatic rings. The largest absolute Gasteiger partial charge is 0.480 e. The summed E-state index contributed by atoms with van der Waals surface area (Å²) in [4.78, 5) is 29.6. The van der Waals surface area contributed by atoms with Gasteiger partial charge in [0.05, 0.1) is 25.5 Å². The summed E-state index contributed by atoms with van der Waals surface area (Å²) < 4.78 is 23.9. The minimum absolute atomic E-state index is 0.0841. The molecule has 10 nitrogen and oxygen atoms in total. The summed E-state index contributed by atoms with van der Waals surface area (Å²) in [6.07, 6.45) is 1.60. The zero-order valence-corrected chi connectivity index (χ0v) is 22.8. The molecule has 0 bridgehead atoms. The van der Waals surface area contributed by atoms with Gasteiger partial charge in [-0.3, -0.25) is 9.69 Å². The SMILES string of the molecule is COc1ncc(-c2nc3c(n2C(C)C)C(C)(c2ccc(Cl)cc2)N(c2ccc4c(c2)OCO4)C3=O)c(OC)n1. The maximum absolute atomic E-state index is 14.3. The van der Waals surface area contributed by atoms with Crippen molar-refractivity contribution >= 4 is 23.2 Å². The highest BCUT2D eigenvalue weighted by molar-refractivity contribution is 6.30. The number of carbonyl (C=O) groups excluding carboxylic acids is 1. The van der Waals surface area contributed by atoms with Crippen molar-refractivity contribution < 1.29 is 23.7 Å². The summed E-state index contributed by atoms with van der Waals surface area (Å²) in [6, 6.07) is 13.1. The smallest absolute Gasteiger partial charge is 0.319 e. The number of anilines is 1. The van der Waals surface area contributed by atoms with Crippen LogP contribution in [0.1, 0.15) is 48.6 Å². The fraction of sp³-hybridized carbons (Fsp3) is 0.286. The lowest BCUT2D eigenvalue weighted by atomic mass is 9.87. The number of imidazole rings is 1. The molecule has 2 aromatic heterocycles. The first kappa shape index (κ1) is 25.0. The summed E-state index contributed by atoms with van der Waals surface area (Å²) in [7, 11) is 3.00. The lowest BCUT2D eigenvalue weighted by Gasteiger charge is -2.38. The number of rotatable bonds is 6. The molecular formula is C28H26ClN5O5. The Balaban J connectivity index is 1.62. The second kappa shape index (κ2) is 9.16. The van der Waals surface area contributed by atoms with Crippen LogP contribution in [0.25, 0.3) is 11.4 Å². The molecular weight excluding hydrogens is 522 g/mol. The van der Waals surface area contributed by atoms with Crippen molar-refractivity contribution in [3.8, 4) is 34.8 Å². The molecule has 0 N–H and O–H groups in total. The van der Waals surface area contributed by atoms with E-state index in [2.05, 4.69) is 9.97 Å². The fourth-order valence-electron chi connectivity index (χ4n) is 5.35. The van der Waals surface area contributed by atoms with Crippen molar-refractivity contribution in [2.24, 2.45) is 0 Å². The van der Waals surface area contributed by atoms with Gasteiger partial charge in [0, 0.05) is 29.0 Å². The molecule has 0 spiro atoms. The molecule has 2 aliphatic heterocycles. The minimum atomic E-state index is -0.958. The Kier molecular flexibility index (Phi) is 5.87. The van der Waals surface area contributed by atoms with E-state index in [0.717, 1.165) is 11.3 Å². The van der Waals surface area contributed by atoms with Crippen molar-refractivity contribution in [1.82, 2.24) is 19.5 Å². The van der Waals surface area contributed by atoms with Gasteiger partial charge in [0.2, 0.25) is 12.7 Å². The van der Waals surface area contributed by atoms with Gasteiger partial charge in [-0.05, 0) is 50.6 Å². The molecule has 4 heterocycles. The Morgan fingerprint density at radius 1 is 1.03 bits per heavy atom. The van der Waals surface area contributed by atoms with Crippen molar-refractivity contribution in [3.05, 3.63) is 70.6 Å². The molecule has 0 aliphatic carbocycles. The van der Waals surface area contributed by atoms with Crippen LogP contribution < -0.4 is 23.8 Å². The number of carbonyl (C=O) groups is 1. The van der Waals surface area contributed by atoms with Crippen molar-refractivity contribution in [3.63, 3.8) is 0 Å². The minimum Gasteiger partial charge on any atom is -0.480 e. The summed E-state index contributed by atoms with van der Waals surface area (Å²) in [5.74, 6) is 1.77. The zero-order valence-electron chi connectivity index (χ0n) is 22.1. The number of aromatic nitrogens is 4. The number of fused-ring (bicyclic) bond motifs is 2. The predicted octanol–water partition coefficient (Wildman–Crippen LogP) is 5.24. The van der Waals surface area contributed by atoms with Gasteiger partial charge in [-0.25, -0.2) is 9.97 Å². The van der Waals surface area contributed by atoms with Crippen LogP contribution in [0.2, 0.25) is 5.02 Å². The van der Waals surface area contributed by atoms with Crippen molar-refractivity contribution in [2.45, 2.75) is 32.4 Å². The highest BCUT2D eigenvalue weighted by Crippen LogP contribution is 2.50. The molecule has 200 valence electrons. The van der Waals surface area contributed by atoms with Gasteiger partial charge < -0.3 is 23.5 Å². The van der Waals surface area contributed by atoms with E-state index in [1.54, 1.807) is 11.1 Å². The molecule has 39 heavy (non-hydrogen) atoms. The van der Waals surface area contributed by atoms with Crippen LogP contribution >= 0.6 is 11.6 Å². The van der Waals surface area contributed by atoms with E-state index in [4.69, 9.17) is 35.5 Å². The maximum Gasteiger partial charge on any atom is 0.319 e. The van der Waals surface area contributed by atoms with Gasteiger partial charge in [0.15, 0.2) is 17.2 Å². The Bertz CT molecular complexity index is 1600. The molecule has 1 unspecified atom stereocenters. The van der Waals surface area contributed by atoms with Crippen molar-refractivity contribution in [1.29, 1.82) is 0 Å². The van der Waals surface area contributed by atoms with E-state index < -0.39 is 5.54 Å². The first-order valence-electron chi connectivity index (χ1n) is 12.4. The van der Waals surface area contributed by atoms with Gasteiger partial charge in [-0.15, -0.1) is 0 Å². The maximum atomic E-state index is 14.3. The number of benzene rings is 2. The number of hydrogen-bond donors (Lipinski definition) is 0. The average Bonchev–Trinajstić information content (AvgIpc) is 3.62. The number of amides is 1. The first-order valence-corrected chi connectivity index (χ1v) is 12.7. The van der Waals surface area contributed by atoms with E-state index in [0.29, 0.717) is 45.2 Å². The highest BCUT2D eigenvalue weighted by Gasteiger charge is 2.53. The van der Waals surface area contributed by atoms with Crippen LogP contribution in [0.5, 0.6) is 23.4 Å². The molecule has 6 rings (SSSR count). The second-order valence-electron chi connectivity index (χ2n) is 9.63. The average molecular weight is 548 g/mol. The third-order valence-electron chi connectivity index (χ3n) is 7.11. The number of methoxy groups -OCH3 is 2. The van der Waals surface area contributed by atoms with Gasteiger partial charge in [0.1, 0.15) is 11.4 Å². The molecule has 2 aromatic carbocycles. The number of ether oxygens (including phenoxy) is 4. The van der Waals surface area contributed by atoms with Crippen LogP contribution in [-0.4, -0.2) is 46.4 Å². The third-order valence-corrected chi connectivity index (χ3v) is 7.36. The topological polar surface area (TPSA) is 101 Å². The molecule has 1 amide bonds. The molecule has 1 atom stereocenters. The Hall–Kier alpha value is -4.31. The van der Waals surface area contributed by atoms with E-state index in [1.165, 1.54) is 14.2 Å². The quantitative estimate of drug-likeness (QED) is 0.323. The van der Waals surface area contributed by atoms with E-state index in [1.807, 2.05) is 67.8 Å². The van der Waals surface area contributed by atoms with Crippen molar-refractivity contribution in [2.75, 3.05) is 25.9 Å². The summed E-state index contributed by atoms with van der Waals surface area (Å²) >= 11 is 6.27. The standard InChI is InChI=1S/C28H26ClN5O5/c1-15(2)33-23-22(31-24(33)19-13-30-27(37-5)32-25(19)36-4)26(35)34(18-10-11-20-21(12-18)39-14-38-20)28(23,3)16-6-8-17(29)9-7-16/h6-13,15H,14H2,1-5H3. The molecule has 0 saturated heterocycles. The van der Waals surface area contributed by atoms with E-state index in [9.17, 15) is 4.79 Å². The van der Waals surface area contributed by atoms with Crippen LogP contribution in [0.15, 0.2) is 48.7 Å². The fourth-order valence-corrected chi connectivity index (χ4v) is 5.48. The molecule has 0 fully saturated rings. The predicted molar refractivity (Wildman–Crippen MR) is 144 cm³/mol. The molecule has 0 radical (unpaired) electrons. The molecule has 2 aliphatic rings. The van der Waals surface area contributed by atoms with Crippen LogP contribution in [0.3, 0.4) is 0 Å². The van der Waals surface area contributed by atoms with Crippen LogP contribution in [0, 0.1) is 0 Å². The Labute approximate surface area is 230 Å². The number of hydrogen-bond acceptors (Lipinski definition) is 8. The Morgan fingerprint density at radius 2 is 1.77 bits per heavy atom. The number of nitrogens with zero attached hydrogens (tertiary/aromatic N) is 5. The third kappa shape index (κ3) is 3.69. The lowest BCUT2D eigenvalue weighted by Crippen LogP contribution is -2.44. The Morgan fingerprint density at radius 3 is 2.46 bits per heavy atom. The summed E-state index contributed by atoms with van der Waals surface area (Å²) in [6.45, 7) is 6.23. The lowest BCUT2D eigenvalue weighted by molar-refractivity contribution is 0.0980. The first-order chi connectivity index (χ1) is 18.8. The van der Waals surface area contributed by atoms with Crippen LogP contribution in [0.4, 0.5) is 5.69 Å². The van der Waals surface area contributed by atoms with Gasteiger partial charge in [0.25, 0.3) is 5.91 Å². The second-order valence-corrected chi connectivity index (χ2v) is 10.1. The highest BCUT2D eigenvalue weighted by atomic mass is 35.5. The van der Waals surface area contributed by atoms with Gasteiger partial charge in [-0.2, -0.15) is 4.98 Å². The zero-order chi connectivity index (χ0) is 27.5. The molecule has 11 heteroatoms. The van der Waals surface area contributed by atoms with E-state index >= 15 is 0 Å². The van der Waals surface area contributed by atoms with Gasteiger partial charge in [-0.1, -0.05) is 23.7 Å². The monoisotopic (exact) mass is 547 g/mol. The van der Waals surface area contributed by atoms with E-state index in [-0.39, 0.29) is 24.8 Å². The molecule has 0 saturated carbocycles. The summed E-state index contributed by atoms with van der Waals surface area (Å²) in [5, 5.41) is 0.597. The van der Waals surface area contributed by atoms with Gasteiger partial charge >= 0.3 is 6.01 Å². The number of halogens is 1. The normalized spacial score (nSPS) is 17.6. The summed E-state index contributed by atoms with van der Waals surface area (Å²) in [5.41, 5.74) is 2.16.